The summed E-state index contributed by atoms with van der Waals surface area (Å²) in [7, 11) is 0. The van der Waals surface area contributed by atoms with Crippen LogP contribution in [0, 0.1) is 0 Å². The molecule has 1 atom stereocenters. The highest BCUT2D eigenvalue weighted by Crippen LogP contribution is 2.24. The fraction of sp³-hybridized carbons (Fsp3) is 1.00. The van der Waals surface area contributed by atoms with E-state index in [9.17, 15) is 5.11 Å². The fourth-order valence-electron chi connectivity index (χ4n) is 3.77. The smallest absolute Gasteiger partial charge is 0.0585 e. The lowest BCUT2D eigenvalue weighted by molar-refractivity contribution is 0.0927. The fourth-order valence-corrected chi connectivity index (χ4v) is 3.77. The first-order chi connectivity index (χ1) is 9.85. The van der Waals surface area contributed by atoms with Gasteiger partial charge in [0, 0.05) is 44.3 Å². The van der Waals surface area contributed by atoms with E-state index in [1.165, 1.54) is 64.7 Å². The van der Waals surface area contributed by atoms with Crippen LogP contribution in [0.25, 0.3) is 0 Å². The molecule has 2 aliphatic carbocycles. The molecular formula is C16H31N3O. The van der Waals surface area contributed by atoms with Gasteiger partial charge in [0.05, 0.1) is 6.61 Å². The Kier molecular flexibility index (Phi) is 5.32. The van der Waals surface area contributed by atoms with E-state index in [-0.39, 0.29) is 0 Å². The van der Waals surface area contributed by atoms with E-state index in [0.29, 0.717) is 18.7 Å². The molecule has 2 saturated carbocycles. The van der Waals surface area contributed by atoms with Crippen LogP contribution in [0.1, 0.15) is 44.9 Å². The largest absolute Gasteiger partial charge is 0.395 e. The van der Waals surface area contributed by atoms with Crippen molar-refractivity contribution in [2.24, 2.45) is 0 Å². The molecule has 0 aromatic carbocycles. The number of rotatable bonds is 7. The molecule has 3 aliphatic rings. The van der Waals surface area contributed by atoms with E-state index in [1.54, 1.807) is 0 Å². The summed E-state index contributed by atoms with van der Waals surface area (Å²) < 4.78 is 0. The van der Waals surface area contributed by atoms with Crippen LogP contribution in [-0.2, 0) is 0 Å². The molecule has 20 heavy (non-hydrogen) atoms. The zero-order valence-corrected chi connectivity index (χ0v) is 12.8. The molecule has 3 fully saturated rings. The van der Waals surface area contributed by atoms with Crippen molar-refractivity contribution < 1.29 is 5.11 Å². The van der Waals surface area contributed by atoms with Crippen LogP contribution < -0.4 is 5.32 Å². The minimum absolute atomic E-state index is 0.290. The highest BCUT2D eigenvalue weighted by atomic mass is 16.3. The first-order valence-electron chi connectivity index (χ1n) is 8.68. The monoisotopic (exact) mass is 281 g/mol. The van der Waals surface area contributed by atoms with E-state index in [2.05, 4.69) is 15.1 Å². The van der Waals surface area contributed by atoms with Crippen molar-refractivity contribution in [3.63, 3.8) is 0 Å². The van der Waals surface area contributed by atoms with Crippen LogP contribution in [0.3, 0.4) is 0 Å². The van der Waals surface area contributed by atoms with Gasteiger partial charge in [0.2, 0.25) is 0 Å². The Bertz CT molecular complexity index is 281. The van der Waals surface area contributed by atoms with Gasteiger partial charge < -0.3 is 15.3 Å². The molecular weight excluding hydrogens is 250 g/mol. The maximum absolute atomic E-state index is 9.43. The van der Waals surface area contributed by atoms with Gasteiger partial charge in [-0.3, -0.25) is 4.90 Å². The van der Waals surface area contributed by atoms with Gasteiger partial charge in [-0.25, -0.2) is 0 Å². The van der Waals surface area contributed by atoms with Gasteiger partial charge in [-0.05, 0) is 38.6 Å². The van der Waals surface area contributed by atoms with E-state index in [4.69, 9.17) is 0 Å². The molecule has 0 spiro atoms. The molecule has 4 heteroatoms. The molecule has 1 heterocycles. The van der Waals surface area contributed by atoms with Crippen LogP contribution >= 0.6 is 0 Å². The Balaban J connectivity index is 1.33. The molecule has 1 saturated heterocycles. The SMILES string of the molecule is OCC(CCN1CCN(C2CCCC2)CC1)NC1CC1. The maximum atomic E-state index is 9.43. The zero-order chi connectivity index (χ0) is 13.8. The highest BCUT2D eigenvalue weighted by molar-refractivity contribution is 4.86. The average molecular weight is 281 g/mol. The van der Waals surface area contributed by atoms with E-state index >= 15 is 0 Å². The minimum Gasteiger partial charge on any atom is -0.395 e. The van der Waals surface area contributed by atoms with Crippen LogP contribution in [0.4, 0.5) is 0 Å². The lowest BCUT2D eigenvalue weighted by atomic mass is 10.1. The van der Waals surface area contributed by atoms with Gasteiger partial charge >= 0.3 is 0 Å². The van der Waals surface area contributed by atoms with Crippen LogP contribution in [0.2, 0.25) is 0 Å². The first-order valence-corrected chi connectivity index (χ1v) is 8.68. The molecule has 2 N–H and O–H groups in total. The summed E-state index contributed by atoms with van der Waals surface area (Å²) in [6, 6.07) is 1.90. The second-order valence-electron chi connectivity index (χ2n) is 6.93. The number of piperazine rings is 1. The summed E-state index contributed by atoms with van der Waals surface area (Å²) >= 11 is 0. The summed E-state index contributed by atoms with van der Waals surface area (Å²) in [5, 5.41) is 13.0. The third-order valence-electron chi connectivity index (χ3n) is 5.31. The van der Waals surface area contributed by atoms with Crippen molar-refractivity contribution in [2.45, 2.75) is 63.1 Å². The predicted octanol–water partition coefficient (Wildman–Crippen LogP) is 1.05. The summed E-state index contributed by atoms with van der Waals surface area (Å²) in [5.41, 5.74) is 0. The Morgan fingerprint density at radius 2 is 1.70 bits per heavy atom. The standard InChI is InChI=1S/C16H31N3O/c20-13-15(17-14-5-6-14)7-8-18-9-11-19(12-10-18)16-3-1-2-4-16/h14-17,20H,1-13H2. The Morgan fingerprint density at radius 3 is 2.30 bits per heavy atom. The van der Waals surface area contributed by atoms with Crippen molar-refractivity contribution >= 4 is 0 Å². The molecule has 0 aromatic heterocycles. The molecule has 3 rings (SSSR count). The third-order valence-corrected chi connectivity index (χ3v) is 5.31. The van der Waals surface area contributed by atoms with Crippen LogP contribution in [0.5, 0.6) is 0 Å². The van der Waals surface area contributed by atoms with Crippen molar-refractivity contribution in [1.82, 2.24) is 15.1 Å². The van der Waals surface area contributed by atoms with Crippen molar-refractivity contribution in [1.29, 1.82) is 0 Å². The Labute approximate surface area is 123 Å². The molecule has 4 nitrogen and oxygen atoms in total. The highest BCUT2D eigenvalue weighted by Gasteiger charge is 2.27. The quantitative estimate of drug-likeness (QED) is 0.732. The molecule has 0 amide bonds. The van der Waals surface area contributed by atoms with Crippen molar-refractivity contribution in [2.75, 3.05) is 39.3 Å². The number of nitrogens with zero attached hydrogens (tertiary/aromatic N) is 2. The van der Waals surface area contributed by atoms with Gasteiger partial charge in [-0.1, -0.05) is 12.8 Å². The Morgan fingerprint density at radius 1 is 1.00 bits per heavy atom. The lowest BCUT2D eigenvalue weighted by Crippen LogP contribution is -2.50. The maximum Gasteiger partial charge on any atom is 0.0585 e. The van der Waals surface area contributed by atoms with Crippen molar-refractivity contribution in [3.05, 3.63) is 0 Å². The zero-order valence-electron chi connectivity index (χ0n) is 12.8. The van der Waals surface area contributed by atoms with Gasteiger partial charge in [0.1, 0.15) is 0 Å². The topological polar surface area (TPSA) is 38.7 Å². The normalized spacial score (nSPS) is 28.1. The summed E-state index contributed by atoms with van der Waals surface area (Å²) in [6.45, 7) is 6.38. The molecule has 116 valence electrons. The summed E-state index contributed by atoms with van der Waals surface area (Å²) in [4.78, 5) is 5.30. The predicted molar refractivity (Wildman–Crippen MR) is 81.9 cm³/mol. The number of hydrogen-bond acceptors (Lipinski definition) is 4. The second-order valence-corrected chi connectivity index (χ2v) is 6.93. The van der Waals surface area contributed by atoms with Crippen molar-refractivity contribution in [3.8, 4) is 0 Å². The van der Waals surface area contributed by atoms with Crippen LogP contribution in [-0.4, -0.2) is 72.4 Å². The van der Waals surface area contributed by atoms with E-state index in [0.717, 1.165) is 19.0 Å². The molecule has 0 aromatic rings. The molecule has 1 unspecified atom stereocenters. The minimum atomic E-state index is 0.290. The number of nitrogens with one attached hydrogen (secondary N) is 1. The van der Waals surface area contributed by atoms with Gasteiger partial charge in [0.15, 0.2) is 0 Å². The number of hydrogen-bond donors (Lipinski definition) is 2. The average Bonchev–Trinajstić information content (AvgIpc) is 3.14. The molecule has 0 bridgehead atoms. The molecule has 0 radical (unpaired) electrons. The summed E-state index contributed by atoms with van der Waals surface area (Å²) in [6.07, 6.45) is 9.44. The van der Waals surface area contributed by atoms with E-state index in [1.807, 2.05) is 0 Å². The third kappa shape index (κ3) is 4.17. The first kappa shape index (κ1) is 14.8. The van der Waals surface area contributed by atoms with Gasteiger partial charge in [-0.2, -0.15) is 0 Å². The second kappa shape index (κ2) is 7.21. The summed E-state index contributed by atoms with van der Waals surface area (Å²) in [5.74, 6) is 0. The lowest BCUT2D eigenvalue weighted by Gasteiger charge is -2.38. The number of aliphatic hydroxyl groups is 1. The van der Waals surface area contributed by atoms with Crippen LogP contribution in [0.15, 0.2) is 0 Å². The Hall–Kier alpha value is -0.160. The van der Waals surface area contributed by atoms with Gasteiger partial charge in [-0.15, -0.1) is 0 Å². The number of aliphatic hydroxyl groups excluding tert-OH is 1. The van der Waals surface area contributed by atoms with E-state index < -0.39 is 0 Å². The molecule has 1 aliphatic heterocycles. The van der Waals surface area contributed by atoms with Gasteiger partial charge in [0.25, 0.3) is 0 Å².